The second kappa shape index (κ2) is 15.5. The van der Waals surface area contributed by atoms with Gasteiger partial charge in [-0.2, -0.15) is 0 Å². The van der Waals surface area contributed by atoms with Crippen LogP contribution in [0.2, 0.25) is 0 Å². The number of amides is 1. The minimum absolute atomic E-state index is 0.0869. The molecule has 0 radical (unpaired) electrons. The average Bonchev–Trinajstić information content (AvgIpc) is 2.77. The molecule has 1 heterocycles. The van der Waals surface area contributed by atoms with E-state index in [9.17, 15) is 4.79 Å². The smallest absolute Gasteiger partial charge is 0.251 e. The summed E-state index contributed by atoms with van der Waals surface area (Å²) in [6, 6.07) is 8.27. The molecular formula is C26H44N2O. The minimum Gasteiger partial charge on any atom is -0.352 e. The van der Waals surface area contributed by atoms with Crippen molar-refractivity contribution in [2.75, 3.05) is 19.6 Å². The Kier molecular flexibility index (Phi) is 12.8. The van der Waals surface area contributed by atoms with Gasteiger partial charge < -0.3 is 10.6 Å². The maximum absolute atomic E-state index is 12.5. The van der Waals surface area contributed by atoms with E-state index in [1.54, 1.807) is 0 Å². The number of unbranched alkanes of at least 4 members (excludes halogenated alkanes) is 11. The zero-order chi connectivity index (χ0) is 20.6. The van der Waals surface area contributed by atoms with Crippen LogP contribution < -0.4 is 10.6 Å². The van der Waals surface area contributed by atoms with Gasteiger partial charge in [-0.1, -0.05) is 89.7 Å². The fraction of sp³-hybridized carbons (Fsp3) is 0.731. The number of nitrogens with one attached hydrogen (secondary N) is 2. The highest BCUT2D eigenvalue weighted by Crippen LogP contribution is 2.25. The van der Waals surface area contributed by atoms with Crippen LogP contribution >= 0.6 is 0 Å². The van der Waals surface area contributed by atoms with Crippen LogP contribution in [0.3, 0.4) is 0 Å². The van der Waals surface area contributed by atoms with Crippen molar-refractivity contribution in [3.63, 3.8) is 0 Å². The van der Waals surface area contributed by atoms with Crippen molar-refractivity contribution in [2.24, 2.45) is 0 Å². The lowest BCUT2D eigenvalue weighted by Gasteiger charge is -2.23. The third-order valence-corrected chi connectivity index (χ3v) is 6.28. The molecule has 29 heavy (non-hydrogen) atoms. The zero-order valence-corrected chi connectivity index (χ0v) is 18.8. The summed E-state index contributed by atoms with van der Waals surface area (Å²) < 4.78 is 0. The lowest BCUT2D eigenvalue weighted by atomic mass is 9.89. The number of carbonyl (C=O) groups is 1. The molecule has 0 spiro atoms. The summed E-state index contributed by atoms with van der Waals surface area (Å²) in [5.74, 6) is 0.684. The first-order valence-electron chi connectivity index (χ1n) is 12.4. The van der Waals surface area contributed by atoms with Gasteiger partial charge in [-0.25, -0.2) is 0 Å². The monoisotopic (exact) mass is 400 g/mol. The Morgan fingerprint density at radius 2 is 1.48 bits per heavy atom. The molecule has 0 atom stereocenters. The quantitative estimate of drug-likeness (QED) is 0.326. The summed E-state index contributed by atoms with van der Waals surface area (Å²) in [7, 11) is 0. The third kappa shape index (κ3) is 10.3. The summed E-state index contributed by atoms with van der Waals surface area (Å²) in [4.78, 5) is 12.5. The second-order valence-corrected chi connectivity index (χ2v) is 8.79. The summed E-state index contributed by atoms with van der Waals surface area (Å²) >= 11 is 0. The van der Waals surface area contributed by atoms with E-state index in [0.717, 1.165) is 31.6 Å². The van der Waals surface area contributed by atoms with Crippen LogP contribution in [-0.2, 0) is 0 Å². The number of hydrogen-bond donors (Lipinski definition) is 2. The van der Waals surface area contributed by atoms with Crippen molar-refractivity contribution in [2.45, 2.75) is 103 Å². The van der Waals surface area contributed by atoms with Gasteiger partial charge in [-0.15, -0.1) is 0 Å². The Morgan fingerprint density at radius 1 is 0.897 bits per heavy atom. The van der Waals surface area contributed by atoms with Gasteiger partial charge in [0, 0.05) is 12.1 Å². The molecule has 0 saturated carbocycles. The van der Waals surface area contributed by atoms with E-state index in [-0.39, 0.29) is 5.91 Å². The summed E-state index contributed by atoms with van der Waals surface area (Å²) in [5, 5.41) is 6.52. The lowest BCUT2D eigenvalue weighted by Crippen LogP contribution is -2.27. The van der Waals surface area contributed by atoms with Gasteiger partial charge in [-0.05, 0) is 56.0 Å². The predicted molar refractivity (Wildman–Crippen MR) is 125 cm³/mol. The van der Waals surface area contributed by atoms with Crippen LogP contribution in [0.1, 0.15) is 119 Å². The van der Waals surface area contributed by atoms with Crippen LogP contribution in [0.5, 0.6) is 0 Å². The van der Waals surface area contributed by atoms with Crippen molar-refractivity contribution in [1.82, 2.24) is 10.6 Å². The van der Waals surface area contributed by atoms with Gasteiger partial charge in [-0.3, -0.25) is 4.79 Å². The topological polar surface area (TPSA) is 41.1 Å². The van der Waals surface area contributed by atoms with E-state index in [0.29, 0.717) is 5.92 Å². The predicted octanol–water partition coefficient (Wildman–Crippen LogP) is 6.58. The van der Waals surface area contributed by atoms with Crippen molar-refractivity contribution in [1.29, 1.82) is 0 Å². The fourth-order valence-electron chi connectivity index (χ4n) is 4.36. The first kappa shape index (κ1) is 23.9. The minimum atomic E-state index is 0.0869. The van der Waals surface area contributed by atoms with Crippen LogP contribution in [0.4, 0.5) is 0 Å². The van der Waals surface area contributed by atoms with Crippen molar-refractivity contribution >= 4 is 5.91 Å². The molecule has 1 aliphatic rings. The highest BCUT2D eigenvalue weighted by molar-refractivity contribution is 5.94. The SMILES string of the molecule is CCCCCCCCCCCCCCNC(=O)c1cccc(C2CCNCC2)c1. The van der Waals surface area contributed by atoms with Gasteiger partial charge in [0.2, 0.25) is 0 Å². The number of hydrogen-bond acceptors (Lipinski definition) is 2. The summed E-state index contributed by atoms with van der Waals surface area (Å²) in [6.45, 7) is 5.24. The Hall–Kier alpha value is -1.35. The Morgan fingerprint density at radius 3 is 2.10 bits per heavy atom. The first-order chi connectivity index (χ1) is 14.3. The van der Waals surface area contributed by atoms with Gasteiger partial charge >= 0.3 is 0 Å². The van der Waals surface area contributed by atoms with Gasteiger partial charge in [0.1, 0.15) is 0 Å². The molecule has 164 valence electrons. The zero-order valence-electron chi connectivity index (χ0n) is 18.8. The number of rotatable bonds is 15. The van der Waals surface area contributed by atoms with Crippen LogP contribution in [-0.4, -0.2) is 25.5 Å². The van der Waals surface area contributed by atoms with Gasteiger partial charge in [0.15, 0.2) is 0 Å². The van der Waals surface area contributed by atoms with Crippen LogP contribution in [0.25, 0.3) is 0 Å². The molecule has 1 aromatic carbocycles. The lowest BCUT2D eigenvalue weighted by molar-refractivity contribution is 0.0953. The molecule has 1 aromatic rings. The summed E-state index contributed by atoms with van der Waals surface area (Å²) in [6.07, 6.45) is 18.5. The molecule has 1 amide bonds. The molecule has 1 fully saturated rings. The average molecular weight is 401 g/mol. The van der Waals surface area contributed by atoms with Crippen molar-refractivity contribution < 1.29 is 4.79 Å². The highest BCUT2D eigenvalue weighted by atomic mass is 16.1. The van der Waals surface area contributed by atoms with E-state index >= 15 is 0 Å². The van der Waals surface area contributed by atoms with E-state index in [2.05, 4.69) is 29.7 Å². The Bertz CT molecular complexity index is 551. The van der Waals surface area contributed by atoms with E-state index in [1.165, 1.54) is 89.0 Å². The Balaban J connectivity index is 1.49. The maximum Gasteiger partial charge on any atom is 0.251 e. The molecular weight excluding hydrogens is 356 g/mol. The van der Waals surface area contributed by atoms with Crippen molar-refractivity contribution in [3.8, 4) is 0 Å². The second-order valence-electron chi connectivity index (χ2n) is 8.79. The Labute approximate surface area is 179 Å². The fourth-order valence-corrected chi connectivity index (χ4v) is 4.36. The van der Waals surface area contributed by atoms with Crippen molar-refractivity contribution in [3.05, 3.63) is 35.4 Å². The van der Waals surface area contributed by atoms with Gasteiger partial charge in [0.05, 0.1) is 0 Å². The molecule has 0 unspecified atom stereocenters. The normalized spacial score (nSPS) is 14.8. The third-order valence-electron chi connectivity index (χ3n) is 6.28. The van der Waals surface area contributed by atoms with E-state index < -0.39 is 0 Å². The van der Waals surface area contributed by atoms with Crippen LogP contribution in [0, 0.1) is 0 Å². The largest absolute Gasteiger partial charge is 0.352 e. The van der Waals surface area contributed by atoms with Crippen LogP contribution in [0.15, 0.2) is 24.3 Å². The molecule has 0 aliphatic carbocycles. The molecule has 3 nitrogen and oxygen atoms in total. The van der Waals surface area contributed by atoms with E-state index in [4.69, 9.17) is 0 Å². The van der Waals surface area contributed by atoms with E-state index in [1.807, 2.05) is 12.1 Å². The first-order valence-corrected chi connectivity index (χ1v) is 12.4. The number of benzene rings is 1. The highest BCUT2D eigenvalue weighted by Gasteiger charge is 2.16. The van der Waals surface area contributed by atoms with Gasteiger partial charge in [0.25, 0.3) is 5.91 Å². The number of piperidine rings is 1. The number of carbonyl (C=O) groups excluding carboxylic acids is 1. The molecule has 0 bridgehead atoms. The molecule has 3 heteroatoms. The summed E-state index contributed by atoms with van der Waals surface area (Å²) in [5.41, 5.74) is 2.14. The molecule has 2 N–H and O–H groups in total. The standard InChI is InChI=1S/C26H44N2O/c1-2-3-4-5-6-7-8-9-10-11-12-13-19-28-26(29)25-16-14-15-24(22-25)23-17-20-27-21-18-23/h14-16,22-23,27H,2-13,17-21H2,1H3,(H,28,29). The maximum atomic E-state index is 12.5. The molecule has 1 aliphatic heterocycles. The molecule has 0 aromatic heterocycles. The molecule has 2 rings (SSSR count). The molecule has 1 saturated heterocycles.